The Morgan fingerprint density at radius 2 is 2.11 bits per heavy atom. The van der Waals surface area contributed by atoms with Gasteiger partial charge in [0.15, 0.2) is 0 Å². The standard InChI is InChI=1S/C14H24N2O2/c15-10-4-8-13(16)9-5-11-18-14(17)12-6-2-1-3-7-12/h6,16H,1-5,7-11,15H2. The van der Waals surface area contributed by atoms with E-state index in [9.17, 15) is 4.79 Å². The maximum atomic E-state index is 11.7. The molecule has 0 aromatic rings. The zero-order chi connectivity index (χ0) is 13.2. The molecule has 0 aliphatic heterocycles. The Labute approximate surface area is 109 Å². The molecule has 4 nitrogen and oxygen atoms in total. The van der Waals surface area contributed by atoms with Gasteiger partial charge in [-0.15, -0.1) is 0 Å². The van der Waals surface area contributed by atoms with E-state index in [1.165, 1.54) is 6.42 Å². The van der Waals surface area contributed by atoms with Crippen molar-refractivity contribution in [2.75, 3.05) is 13.2 Å². The molecule has 0 atom stereocenters. The van der Waals surface area contributed by atoms with E-state index in [4.69, 9.17) is 15.9 Å². The zero-order valence-corrected chi connectivity index (χ0v) is 11.0. The largest absolute Gasteiger partial charge is 0.462 e. The highest BCUT2D eigenvalue weighted by Crippen LogP contribution is 2.18. The third-order valence-corrected chi connectivity index (χ3v) is 3.09. The van der Waals surface area contributed by atoms with Crippen LogP contribution in [0.1, 0.15) is 51.4 Å². The number of carbonyl (C=O) groups excluding carboxylic acids is 1. The van der Waals surface area contributed by atoms with Crippen molar-refractivity contribution < 1.29 is 9.53 Å². The summed E-state index contributed by atoms with van der Waals surface area (Å²) >= 11 is 0. The van der Waals surface area contributed by atoms with Gasteiger partial charge in [0.05, 0.1) is 6.61 Å². The fraction of sp³-hybridized carbons (Fsp3) is 0.714. The molecule has 0 aromatic heterocycles. The van der Waals surface area contributed by atoms with Crippen LogP contribution < -0.4 is 5.73 Å². The second-order valence-electron chi connectivity index (χ2n) is 4.71. The van der Waals surface area contributed by atoms with Crippen LogP contribution in [0, 0.1) is 5.41 Å². The molecule has 1 aliphatic rings. The lowest BCUT2D eigenvalue weighted by Gasteiger charge is -2.12. The van der Waals surface area contributed by atoms with E-state index >= 15 is 0 Å². The predicted octanol–water partition coefficient (Wildman–Crippen LogP) is 2.57. The number of allylic oxidation sites excluding steroid dienone is 1. The molecule has 0 saturated heterocycles. The van der Waals surface area contributed by atoms with Crippen molar-refractivity contribution >= 4 is 11.7 Å². The molecule has 0 heterocycles. The summed E-state index contributed by atoms with van der Waals surface area (Å²) in [6.07, 6.45) is 9.17. The predicted molar refractivity (Wildman–Crippen MR) is 72.8 cm³/mol. The van der Waals surface area contributed by atoms with Crippen LogP contribution in [0.4, 0.5) is 0 Å². The third kappa shape index (κ3) is 5.96. The highest BCUT2D eigenvalue weighted by Gasteiger charge is 2.13. The van der Waals surface area contributed by atoms with E-state index in [-0.39, 0.29) is 5.97 Å². The van der Waals surface area contributed by atoms with Crippen molar-refractivity contribution in [2.24, 2.45) is 5.73 Å². The Bertz CT molecular complexity index is 311. The highest BCUT2D eigenvalue weighted by molar-refractivity contribution is 5.88. The van der Waals surface area contributed by atoms with Crippen molar-refractivity contribution in [3.05, 3.63) is 11.6 Å². The number of nitrogens with two attached hydrogens (primary N) is 1. The molecule has 4 heteroatoms. The SMILES string of the molecule is N=C(CCCN)CCCOC(=O)C1=CCCCC1. The van der Waals surface area contributed by atoms with Crippen LogP contribution in [-0.4, -0.2) is 24.8 Å². The maximum Gasteiger partial charge on any atom is 0.333 e. The molecule has 1 rings (SSSR count). The first-order valence-corrected chi connectivity index (χ1v) is 6.86. The minimum atomic E-state index is -0.164. The van der Waals surface area contributed by atoms with Crippen molar-refractivity contribution in [3.8, 4) is 0 Å². The van der Waals surface area contributed by atoms with Crippen LogP contribution in [-0.2, 0) is 9.53 Å². The van der Waals surface area contributed by atoms with Gasteiger partial charge in [-0.2, -0.15) is 0 Å². The Morgan fingerprint density at radius 1 is 1.33 bits per heavy atom. The molecule has 0 saturated carbocycles. The molecular formula is C14H24N2O2. The van der Waals surface area contributed by atoms with E-state index in [1.807, 2.05) is 6.08 Å². The summed E-state index contributed by atoms with van der Waals surface area (Å²) in [6.45, 7) is 1.05. The number of hydrogen-bond acceptors (Lipinski definition) is 4. The Morgan fingerprint density at radius 3 is 2.78 bits per heavy atom. The molecule has 0 radical (unpaired) electrons. The average molecular weight is 252 g/mol. The van der Waals surface area contributed by atoms with Crippen LogP contribution in [0.5, 0.6) is 0 Å². The molecule has 1 aliphatic carbocycles. The smallest absolute Gasteiger partial charge is 0.333 e. The van der Waals surface area contributed by atoms with Gasteiger partial charge < -0.3 is 15.9 Å². The molecule has 0 amide bonds. The zero-order valence-electron chi connectivity index (χ0n) is 11.0. The van der Waals surface area contributed by atoms with E-state index < -0.39 is 0 Å². The lowest BCUT2D eigenvalue weighted by molar-refractivity contribution is -0.139. The molecule has 0 aromatic carbocycles. The lowest BCUT2D eigenvalue weighted by atomic mass is 10.00. The summed E-state index contributed by atoms with van der Waals surface area (Å²) < 4.78 is 5.21. The summed E-state index contributed by atoms with van der Waals surface area (Å²) in [7, 11) is 0. The Balaban J connectivity index is 2.08. The summed E-state index contributed by atoms with van der Waals surface area (Å²) in [5.41, 5.74) is 6.92. The van der Waals surface area contributed by atoms with E-state index in [1.54, 1.807) is 0 Å². The van der Waals surface area contributed by atoms with Gasteiger partial charge in [-0.25, -0.2) is 4.79 Å². The number of rotatable bonds is 8. The third-order valence-electron chi connectivity index (χ3n) is 3.09. The summed E-state index contributed by atoms with van der Waals surface area (Å²) in [6, 6.07) is 0. The molecule has 0 unspecified atom stereocenters. The summed E-state index contributed by atoms with van der Waals surface area (Å²) in [5.74, 6) is -0.164. The number of nitrogens with one attached hydrogen (secondary N) is 1. The van der Waals surface area contributed by atoms with Crippen LogP contribution in [0.2, 0.25) is 0 Å². The van der Waals surface area contributed by atoms with Gasteiger partial charge in [0, 0.05) is 11.3 Å². The fourth-order valence-corrected chi connectivity index (χ4v) is 2.01. The average Bonchev–Trinajstić information content (AvgIpc) is 2.42. The highest BCUT2D eigenvalue weighted by atomic mass is 16.5. The van der Waals surface area contributed by atoms with Gasteiger partial charge in [0.1, 0.15) is 0 Å². The van der Waals surface area contributed by atoms with Gasteiger partial charge in [0.25, 0.3) is 0 Å². The van der Waals surface area contributed by atoms with E-state index in [2.05, 4.69) is 0 Å². The molecule has 18 heavy (non-hydrogen) atoms. The second kappa shape index (κ2) is 8.86. The first-order chi connectivity index (χ1) is 8.74. The number of esters is 1. The number of carbonyl (C=O) groups is 1. The quantitative estimate of drug-likeness (QED) is 0.396. The normalized spacial score (nSPS) is 15.1. The van der Waals surface area contributed by atoms with Crippen LogP contribution in [0.15, 0.2) is 11.6 Å². The molecule has 0 bridgehead atoms. The van der Waals surface area contributed by atoms with Crippen LogP contribution in [0.3, 0.4) is 0 Å². The summed E-state index contributed by atoms with van der Waals surface area (Å²) in [5, 5.41) is 7.67. The Kier molecular flexibility index (Phi) is 7.34. The molecule has 3 N–H and O–H groups in total. The Hall–Kier alpha value is -1.16. The number of hydrogen-bond donors (Lipinski definition) is 2. The lowest BCUT2D eigenvalue weighted by Crippen LogP contribution is -2.12. The van der Waals surface area contributed by atoms with Crippen molar-refractivity contribution in [3.63, 3.8) is 0 Å². The van der Waals surface area contributed by atoms with Crippen molar-refractivity contribution in [2.45, 2.75) is 51.4 Å². The monoisotopic (exact) mass is 252 g/mol. The molecule has 0 spiro atoms. The molecule has 0 fully saturated rings. The van der Waals surface area contributed by atoms with Gasteiger partial charge in [0.2, 0.25) is 0 Å². The first-order valence-electron chi connectivity index (χ1n) is 6.86. The van der Waals surface area contributed by atoms with Gasteiger partial charge in [-0.3, -0.25) is 0 Å². The van der Waals surface area contributed by atoms with Gasteiger partial charge in [-0.1, -0.05) is 6.08 Å². The number of ether oxygens (including phenoxy) is 1. The molecular weight excluding hydrogens is 228 g/mol. The second-order valence-corrected chi connectivity index (χ2v) is 4.71. The minimum Gasteiger partial charge on any atom is -0.462 e. The van der Waals surface area contributed by atoms with Gasteiger partial charge >= 0.3 is 5.97 Å². The minimum absolute atomic E-state index is 0.164. The molecule has 102 valence electrons. The topological polar surface area (TPSA) is 76.2 Å². The summed E-state index contributed by atoms with van der Waals surface area (Å²) in [4.78, 5) is 11.7. The van der Waals surface area contributed by atoms with Crippen LogP contribution in [0.25, 0.3) is 0 Å². The van der Waals surface area contributed by atoms with E-state index in [0.29, 0.717) is 25.3 Å². The van der Waals surface area contributed by atoms with Crippen molar-refractivity contribution in [1.29, 1.82) is 5.41 Å². The first kappa shape index (κ1) is 14.9. The van der Waals surface area contributed by atoms with Gasteiger partial charge in [-0.05, 0) is 57.9 Å². The maximum absolute atomic E-state index is 11.7. The van der Waals surface area contributed by atoms with E-state index in [0.717, 1.165) is 44.1 Å². The fourth-order valence-electron chi connectivity index (χ4n) is 2.01. The van der Waals surface area contributed by atoms with Crippen molar-refractivity contribution in [1.82, 2.24) is 0 Å². The van der Waals surface area contributed by atoms with Crippen LogP contribution >= 0.6 is 0 Å².